The van der Waals surface area contributed by atoms with Gasteiger partial charge in [-0.15, -0.1) is 11.8 Å². The maximum atomic E-state index is 12.7. The van der Waals surface area contributed by atoms with Crippen LogP contribution in [0, 0.1) is 0 Å². The molecule has 2 aromatic carbocycles. The van der Waals surface area contributed by atoms with Gasteiger partial charge >= 0.3 is 0 Å². The number of hydrogen-bond acceptors (Lipinski definition) is 4. The van der Waals surface area contributed by atoms with Crippen LogP contribution in [0.5, 0.6) is 5.75 Å². The highest BCUT2D eigenvalue weighted by molar-refractivity contribution is 8.00. The molecule has 1 amide bonds. The standard InChI is InChI=1S/C22H28N2O2S/c1-16(2)27-21-7-5-4-6-20(21)22(25)23-17-8-10-18(11-9-17)26-19-12-14-24(3)15-13-19/h4-11,16,19H,12-15H2,1-3H3,(H,23,25). The number of benzene rings is 2. The summed E-state index contributed by atoms with van der Waals surface area (Å²) >= 11 is 1.70. The number of nitrogens with zero attached hydrogens (tertiary/aromatic N) is 1. The second kappa shape index (κ2) is 9.29. The lowest BCUT2D eigenvalue weighted by atomic mass is 10.1. The average molecular weight is 385 g/mol. The summed E-state index contributed by atoms with van der Waals surface area (Å²) in [6.07, 6.45) is 2.39. The van der Waals surface area contributed by atoms with Crippen molar-refractivity contribution in [3.05, 3.63) is 54.1 Å². The fraction of sp³-hybridized carbons (Fsp3) is 0.409. The van der Waals surface area contributed by atoms with E-state index < -0.39 is 0 Å². The first-order chi connectivity index (χ1) is 13.0. The van der Waals surface area contributed by atoms with E-state index in [1.807, 2.05) is 48.5 Å². The molecule has 1 fully saturated rings. The molecule has 4 nitrogen and oxygen atoms in total. The topological polar surface area (TPSA) is 41.6 Å². The second-order valence-corrected chi connectivity index (χ2v) is 8.88. The predicted octanol–water partition coefficient (Wildman–Crippen LogP) is 4.91. The van der Waals surface area contributed by atoms with Crippen molar-refractivity contribution in [2.24, 2.45) is 0 Å². The van der Waals surface area contributed by atoms with E-state index >= 15 is 0 Å². The van der Waals surface area contributed by atoms with Crippen LogP contribution in [0.4, 0.5) is 5.69 Å². The van der Waals surface area contributed by atoms with E-state index in [-0.39, 0.29) is 12.0 Å². The summed E-state index contributed by atoms with van der Waals surface area (Å²) in [4.78, 5) is 16.0. The van der Waals surface area contributed by atoms with Crippen LogP contribution in [-0.2, 0) is 0 Å². The number of thioether (sulfide) groups is 1. The van der Waals surface area contributed by atoms with Crippen LogP contribution in [0.1, 0.15) is 37.0 Å². The van der Waals surface area contributed by atoms with Gasteiger partial charge in [0.2, 0.25) is 0 Å². The first kappa shape index (κ1) is 19.8. The Labute approximate surface area is 166 Å². The van der Waals surface area contributed by atoms with E-state index in [1.165, 1.54) is 0 Å². The lowest BCUT2D eigenvalue weighted by Crippen LogP contribution is -2.35. The molecule has 1 N–H and O–H groups in total. The molecule has 0 aromatic heterocycles. The Balaban J connectivity index is 1.60. The van der Waals surface area contributed by atoms with Gasteiger partial charge in [-0.2, -0.15) is 0 Å². The lowest BCUT2D eigenvalue weighted by molar-refractivity contribution is 0.102. The van der Waals surface area contributed by atoms with E-state index in [9.17, 15) is 4.79 Å². The first-order valence-corrected chi connectivity index (χ1v) is 10.4. The van der Waals surface area contributed by atoms with Gasteiger partial charge in [0.1, 0.15) is 11.9 Å². The Kier molecular flexibility index (Phi) is 6.80. The van der Waals surface area contributed by atoms with Crippen molar-refractivity contribution in [3.63, 3.8) is 0 Å². The maximum absolute atomic E-state index is 12.7. The third-order valence-electron chi connectivity index (χ3n) is 4.57. The van der Waals surface area contributed by atoms with Crippen molar-refractivity contribution in [3.8, 4) is 5.75 Å². The van der Waals surface area contributed by atoms with Gasteiger partial charge in [0.15, 0.2) is 0 Å². The predicted molar refractivity (Wildman–Crippen MR) is 113 cm³/mol. The smallest absolute Gasteiger partial charge is 0.256 e. The molecule has 0 radical (unpaired) electrons. The van der Waals surface area contributed by atoms with Gasteiger partial charge in [-0.05, 0) is 56.3 Å². The third-order valence-corrected chi connectivity index (χ3v) is 5.66. The van der Waals surface area contributed by atoms with Crippen LogP contribution in [-0.4, -0.2) is 42.3 Å². The second-order valence-electron chi connectivity index (χ2n) is 7.26. The number of carbonyl (C=O) groups is 1. The summed E-state index contributed by atoms with van der Waals surface area (Å²) in [5, 5.41) is 3.42. The SMILES string of the molecule is CC(C)Sc1ccccc1C(=O)Nc1ccc(OC2CCN(C)CC2)cc1. The van der Waals surface area contributed by atoms with Crippen molar-refractivity contribution in [1.29, 1.82) is 0 Å². The van der Waals surface area contributed by atoms with Gasteiger partial charge < -0.3 is 15.0 Å². The van der Waals surface area contributed by atoms with E-state index in [0.29, 0.717) is 10.8 Å². The van der Waals surface area contributed by atoms with Crippen molar-refractivity contribution >= 4 is 23.4 Å². The van der Waals surface area contributed by atoms with Gasteiger partial charge in [-0.1, -0.05) is 26.0 Å². The highest BCUT2D eigenvalue weighted by atomic mass is 32.2. The van der Waals surface area contributed by atoms with Crippen LogP contribution in [0.2, 0.25) is 0 Å². The van der Waals surface area contributed by atoms with E-state index in [0.717, 1.165) is 42.3 Å². The molecule has 1 aliphatic rings. The molecule has 27 heavy (non-hydrogen) atoms. The fourth-order valence-electron chi connectivity index (χ4n) is 3.12. The quantitative estimate of drug-likeness (QED) is 0.719. The van der Waals surface area contributed by atoms with Gasteiger partial charge in [0.05, 0.1) is 5.56 Å². The number of rotatable bonds is 6. The number of piperidine rings is 1. The number of anilines is 1. The molecule has 0 bridgehead atoms. The van der Waals surface area contributed by atoms with Crippen LogP contribution >= 0.6 is 11.8 Å². The summed E-state index contributed by atoms with van der Waals surface area (Å²) in [6, 6.07) is 15.4. The number of nitrogens with one attached hydrogen (secondary N) is 1. The summed E-state index contributed by atoms with van der Waals surface area (Å²) in [6.45, 7) is 6.41. The fourth-order valence-corrected chi connectivity index (χ4v) is 4.07. The summed E-state index contributed by atoms with van der Waals surface area (Å²) in [7, 11) is 2.14. The number of ether oxygens (including phenoxy) is 1. The lowest BCUT2D eigenvalue weighted by Gasteiger charge is -2.29. The zero-order valence-electron chi connectivity index (χ0n) is 16.3. The third kappa shape index (κ3) is 5.75. The van der Waals surface area contributed by atoms with Crippen LogP contribution in [0.25, 0.3) is 0 Å². The number of carbonyl (C=O) groups excluding carboxylic acids is 1. The van der Waals surface area contributed by atoms with Crippen LogP contribution in [0.15, 0.2) is 53.4 Å². The Morgan fingerprint density at radius 1 is 1.11 bits per heavy atom. The molecule has 2 aromatic rings. The van der Waals surface area contributed by atoms with E-state index in [1.54, 1.807) is 11.8 Å². The number of amides is 1. The van der Waals surface area contributed by atoms with Gasteiger partial charge in [0, 0.05) is 28.9 Å². The molecule has 0 spiro atoms. The minimum Gasteiger partial charge on any atom is -0.490 e. The molecule has 0 saturated carbocycles. The largest absolute Gasteiger partial charge is 0.490 e. The highest BCUT2D eigenvalue weighted by Gasteiger charge is 2.18. The first-order valence-electron chi connectivity index (χ1n) is 9.53. The zero-order valence-corrected chi connectivity index (χ0v) is 17.1. The molecule has 1 aliphatic heterocycles. The zero-order chi connectivity index (χ0) is 19.2. The molecular formula is C22H28N2O2S. The summed E-state index contributed by atoms with van der Waals surface area (Å²) in [5.74, 6) is 0.779. The molecule has 0 atom stereocenters. The van der Waals surface area contributed by atoms with Crippen molar-refractivity contribution in [2.75, 3.05) is 25.5 Å². The Morgan fingerprint density at radius 2 is 1.78 bits per heavy atom. The van der Waals surface area contributed by atoms with Crippen molar-refractivity contribution < 1.29 is 9.53 Å². The normalized spacial score (nSPS) is 15.7. The molecule has 1 saturated heterocycles. The van der Waals surface area contributed by atoms with Crippen molar-refractivity contribution in [1.82, 2.24) is 4.90 Å². The maximum Gasteiger partial charge on any atom is 0.256 e. The van der Waals surface area contributed by atoms with Gasteiger partial charge in [-0.25, -0.2) is 0 Å². The van der Waals surface area contributed by atoms with E-state index in [4.69, 9.17) is 4.74 Å². The van der Waals surface area contributed by atoms with Crippen molar-refractivity contribution in [2.45, 2.75) is 42.9 Å². The molecule has 0 aliphatic carbocycles. The minimum absolute atomic E-state index is 0.0808. The van der Waals surface area contributed by atoms with Crippen LogP contribution < -0.4 is 10.1 Å². The van der Waals surface area contributed by atoms with Gasteiger partial charge in [0.25, 0.3) is 5.91 Å². The monoisotopic (exact) mass is 384 g/mol. The number of hydrogen-bond donors (Lipinski definition) is 1. The molecule has 1 heterocycles. The number of likely N-dealkylation sites (tertiary alicyclic amines) is 1. The van der Waals surface area contributed by atoms with Gasteiger partial charge in [-0.3, -0.25) is 4.79 Å². The molecule has 0 unspecified atom stereocenters. The summed E-state index contributed by atoms with van der Waals surface area (Å²) in [5.41, 5.74) is 1.49. The Hall–Kier alpha value is -1.98. The molecule has 5 heteroatoms. The average Bonchev–Trinajstić information content (AvgIpc) is 2.65. The Morgan fingerprint density at radius 3 is 2.44 bits per heavy atom. The van der Waals surface area contributed by atoms with E-state index in [2.05, 4.69) is 31.1 Å². The minimum atomic E-state index is -0.0808. The molecule has 144 valence electrons. The highest BCUT2D eigenvalue weighted by Crippen LogP contribution is 2.27. The molecular weight excluding hydrogens is 356 g/mol. The van der Waals surface area contributed by atoms with Crippen LogP contribution in [0.3, 0.4) is 0 Å². The Bertz CT molecular complexity index is 753. The molecule has 3 rings (SSSR count). The summed E-state index contributed by atoms with van der Waals surface area (Å²) < 4.78 is 6.07.